The minimum Gasteiger partial charge on any atom is -0.324 e. The maximum Gasteiger partial charge on any atom is 0.325 e. The molecule has 0 bridgehead atoms. The monoisotopic (exact) mass is 425 g/mol. The fourth-order valence-electron chi connectivity index (χ4n) is 3.07. The molecule has 2 aromatic rings. The Morgan fingerprint density at radius 2 is 1.64 bits per heavy atom. The fourth-order valence-corrected chi connectivity index (χ4v) is 3.77. The molecule has 0 saturated carbocycles. The van der Waals surface area contributed by atoms with Gasteiger partial charge in [0.1, 0.15) is 0 Å². The summed E-state index contributed by atoms with van der Waals surface area (Å²) in [7, 11) is -4.76. The highest BCUT2D eigenvalue weighted by atomic mass is 35.5. The van der Waals surface area contributed by atoms with E-state index in [9.17, 15) is 4.57 Å². The summed E-state index contributed by atoms with van der Waals surface area (Å²) in [5.74, 6) is 0. The Kier molecular flexibility index (Phi) is 8.92. The lowest BCUT2D eigenvalue weighted by atomic mass is 10.0. The first-order chi connectivity index (χ1) is 14.2. The highest BCUT2D eigenvalue weighted by Gasteiger charge is 2.11. The second-order valence-electron chi connectivity index (χ2n) is 6.95. The standard InChI is InChI=1S/C22H31ClNO3P/c23-22-17-20(18-24-15-8-16-28(25,26)27)13-14-21(22)12-7-2-1-4-9-19-10-5-3-6-11-19/h3,5-6,10-11,13-14,17,24H,1-2,4,7-9,12,15-16,18H2,(H2,25,26,27)/i16D2. The molecule has 0 amide bonds. The Morgan fingerprint density at radius 1 is 0.929 bits per heavy atom. The van der Waals surface area contributed by atoms with Gasteiger partial charge in [0, 0.05) is 14.3 Å². The number of nitrogens with one attached hydrogen (secondary N) is 1. The summed E-state index contributed by atoms with van der Waals surface area (Å²) in [6.45, 7) is 0.636. The summed E-state index contributed by atoms with van der Waals surface area (Å²) in [4.78, 5) is 18.0. The molecule has 28 heavy (non-hydrogen) atoms. The van der Waals surface area contributed by atoms with Crippen LogP contribution >= 0.6 is 19.2 Å². The summed E-state index contributed by atoms with van der Waals surface area (Å²) in [5.41, 5.74) is 3.48. The van der Waals surface area contributed by atoms with Gasteiger partial charge in [0.05, 0.1) is 6.11 Å². The lowest BCUT2D eigenvalue weighted by Crippen LogP contribution is -2.15. The van der Waals surface area contributed by atoms with Gasteiger partial charge in [-0.1, -0.05) is 66.9 Å². The van der Waals surface area contributed by atoms with E-state index >= 15 is 0 Å². The maximum atomic E-state index is 11.1. The minimum absolute atomic E-state index is 0.167. The highest BCUT2D eigenvalue weighted by molar-refractivity contribution is 7.51. The van der Waals surface area contributed by atoms with Gasteiger partial charge in [-0.05, 0) is 61.4 Å². The van der Waals surface area contributed by atoms with Gasteiger partial charge >= 0.3 is 7.60 Å². The molecule has 0 aliphatic heterocycles. The molecular formula is C22H31ClNO3P. The zero-order valence-corrected chi connectivity index (χ0v) is 17.8. The molecule has 0 aliphatic carbocycles. The molecule has 0 spiro atoms. The topological polar surface area (TPSA) is 69.6 Å². The van der Waals surface area contributed by atoms with Crippen molar-refractivity contribution in [1.29, 1.82) is 0 Å². The molecule has 2 rings (SSSR count). The van der Waals surface area contributed by atoms with Crippen LogP contribution in [0.1, 0.15) is 51.5 Å². The zero-order chi connectivity index (χ0) is 22.0. The minimum atomic E-state index is -4.76. The number of hydrogen-bond donors (Lipinski definition) is 3. The SMILES string of the molecule is [2H]C([2H])(CCNCc1ccc(CCCCCCc2ccccc2)c(Cl)c1)P(=O)(O)O. The van der Waals surface area contributed by atoms with Gasteiger partial charge in [0.2, 0.25) is 0 Å². The smallest absolute Gasteiger partial charge is 0.324 e. The van der Waals surface area contributed by atoms with Crippen LogP contribution in [0.4, 0.5) is 0 Å². The van der Waals surface area contributed by atoms with Gasteiger partial charge in [0.15, 0.2) is 0 Å². The van der Waals surface area contributed by atoms with Crippen molar-refractivity contribution in [2.24, 2.45) is 0 Å². The number of aryl methyl sites for hydroxylation is 2. The predicted molar refractivity (Wildman–Crippen MR) is 117 cm³/mol. The molecule has 0 atom stereocenters. The number of rotatable bonds is 13. The molecule has 2 aromatic carbocycles. The van der Waals surface area contributed by atoms with E-state index in [0.29, 0.717) is 6.54 Å². The third-order valence-electron chi connectivity index (χ3n) is 4.57. The summed E-state index contributed by atoms with van der Waals surface area (Å²) in [6.07, 6.45) is 3.98. The van der Waals surface area contributed by atoms with Crippen molar-refractivity contribution in [1.82, 2.24) is 5.32 Å². The van der Waals surface area contributed by atoms with Crippen LogP contribution in [-0.4, -0.2) is 22.4 Å². The molecule has 0 aromatic heterocycles. The van der Waals surface area contributed by atoms with E-state index in [4.69, 9.17) is 24.1 Å². The van der Waals surface area contributed by atoms with Gasteiger partial charge in [-0.2, -0.15) is 0 Å². The Morgan fingerprint density at radius 3 is 2.32 bits per heavy atom. The molecular weight excluding hydrogens is 393 g/mol. The van der Waals surface area contributed by atoms with E-state index in [-0.39, 0.29) is 13.0 Å². The number of unbranched alkanes of at least 4 members (excludes halogenated alkanes) is 3. The average molecular weight is 426 g/mol. The average Bonchev–Trinajstić information content (AvgIpc) is 2.69. The van der Waals surface area contributed by atoms with Gasteiger partial charge in [-0.25, -0.2) is 0 Å². The fraction of sp³-hybridized carbons (Fsp3) is 0.455. The van der Waals surface area contributed by atoms with Gasteiger partial charge < -0.3 is 15.1 Å². The molecule has 3 N–H and O–H groups in total. The van der Waals surface area contributed by atoms with Gasteiger partial charge in [-0.15, -0.1) is 0 Å². The van der Waals surface area contributed by atoms with Crippen molar-refractivity contribution in [3.63, 3.8) is 0 Å². The van der Waals surface area contributed by atoms with Crippen molar-refractivity contribution in [2.75, 3.05) is 12.7 Å². The Bertz CT molecular complexity index is 830. The van der Waals surface area contributed by atoms with Crippen LogP contribution in [0.3, 0.4) is 0 Å². The summed E-state index contributed by atoms with van der Waals surface area (Å²) >= 11 is 6.40. The van der Waals surface area contributed by atoms with Gasteiger partial charge in [0.25, 0.3) is 0 Å². The van der Waals surface area contributed by atoms with Crippen molar-refractivity contribution >= 4 is 19.2 Å². The van der Waals surface area contributed by atoms with Crippen LogP contribution in [-0.2, 0) is 24.0 Å². The lowest BCUT2D eigenvalue weighted by Gasteiger charge is -2.09. The highest BCUT2D eigenvalue weighted by Crippen LogP contribution is 2.34. The van der Waals surface area contributed by atoms with Crippen molar-refractivity contribution in [3.8, 4) is 0 Å². The lowest BCUT2D eigenvalue weighted by molar-refractivity contribution is 0.371. The van der Waals surface area contributed by atoms with Crippen LogP contribution in [0, 0.1) is 0 Å². The number of hydrogen-bond acceptors (Lipinski definition) is 2. The summed E-state index contributed by atoms with van der Waals surface area (Å²) < 4.78 is 25.9. The van der Waals surface area contributed by atoms with E-state index in [1.165, 1.54) is 24.8 Å². The Balaban J connectivity index is 1.65. The second kappa shape index (κ2) is 12.4. The molecule has 4 nitrogen and oxygen atoms in total. The first-order valence-corrected chi connectivity index (χ1v) is 11.8. The largest absolute Gasteiger partial charge is 0.325 e. The first-order valence-electron chi connectivity index (χ1n) is 10.8. The van der Waals surface area contributed by atoms with E-state index in [2.05, 4.69) is 29.6 Å². The van der Waals surface area contributed by atoms with Crippen LogP contribution in [0.15, 0.2) is 48.5 Å². The molecule has 0 saturated heterocycles. The van der Waals surface area contributed by atoms with Crippen LogP contribution < -0.4 is 5.32 Å². The van der Waals surface area contributed by atoms with E-state index in [1.54, 1.807) is 0 Å². The second-order valence-corrected chi connectivity index (χ2v) is 8.77. The quantitative estimate of drug-likeness (QED) is 0.299. The molecule has 154 valence electrons. The number of benzene rings is 2. The normalized spacial score (nSPS) is 13.2. The molecule has 0 unspecified atom stereocenters. The van der Waals surface area contributed by atoms with Crippen molar-refractivity contribution < 1.29 is 17.1 Å². The first kappa shape index (κ1) is 20.1. The van der Waals surface area contributed by atoms with Crippen LogP contribution in [0.25, 0.3) is 0 Å². The van der Waals surface area contributed by atoms with E-state index in [0.717, 1.165) is 35.4 Å². The molecule has 6 heteroatoms. The van der Waals surface area contributed by atoms with Crippen molar-refractivity contribution in [3.05, 3.63) is 70.2 Å². The molecule has 0 aliphatic rings. The third-order valence-corrected chi connectivity index (χ3v) is 5.56. The van der Waals surface area contributed by atoms with Crippen LogP contribution in [0.5, 0.6) is 0 Å². The molecule has 0 fully saturated rings. The summed E-state index contributed by atoms with van der Waals surface area (Å²) in [5, 5.41) is 3.74. The summed E-state index contributed by atoms with van der Waals surface area (Å²) in [6, 6.07) is 16.5. The van der Waals surface area contributed by atoms with Crippen LogP contribution in [0.2, 0.25) is 5.02 Å². The molecule has 0 radical (unpaired) electrons. The zero-order valence-electron chi connectivity index (χ0n) is 18.1. The van der Waals surface area contributed by atoms with E-state index < -0.39 is 13.7 Å². The van der Waals surface area contributed by atoms with E-state index in [1.807, 2.05) is 24.3 Å². The predicted octanol–water partition coefficient (Wildman–Crippen LogP) is 5.34. The maximum absolute atomic E-state index is 11.1. The Hall–Kier alpha value is -1.16. The molecule has 0 heterocycles. The third kappa shape index (κ3) is 9.86. The van der Waals surface area contributed by atoms with Crippen molar-refractivity contribution in [2.45, 2.75) is 51.5 Å². The Labute approximate surface area is 176 Å². The number of halogens is 1. The van der Waals surface area contributed by atoms with Gasteiger partial charge in [-0.3, -0.25) is 4.57 Å².